The van der Waals surface area contributed by atoms with E-state index in [4.69, 9.17) is 4.42 Å². The fraction of sp³-hybridized carbons (Fsp3) is 0.765. The molecule has 1 fully saturated rings. The van der Waals surface area contributed by atoms with Gasteiger partial charge in [0.1, 0.15) is 5.76 Å². The summed E-state index contributed by atoms with van der Waals surface area (Å²) in [6.07, 6.45) is 1.82. The molecule has 0 aliphatic carbocycles. The zero-order chi connectivity index (χ0) is 15.6. The molecule has 0 saturated carbocycles. The van der Waals surface area contributed by atoms with Gasteiger partial charge in [0, 0.05) is 42.8 Å². The van der Waals surface area contributed by atoms with Gasteiger partial charge in [-0.2, -0.15) is 0 Å². The molecule has 120 valence electrons. The van der Waals surface area contributed by atoms with Gasteiger partial charge in [0.15, 0.2) is 0 Å². The minimum atomic E-state index is 0.112. The van der Waals surface area contributed by atoms with E-state index in [1.807, 2.05) is 6.26 Å². The summed E-state index contributed by atoms with van der Waals surface area (Å²) >= 11 is 0. The second-order valence-electron chi connectivity index (χ2n) is 7.53. The number of hydrogen-bond acceptors (Lipinski definition) is 4. The van der Waals surface area contributed by atoms with E-state index in [1.165, 1.54) is 5.56 Å². The molecule has 0 spiro atoms. The van der Waals surface area contributed by atoms with Crippen molar-refractivity contribution in [3.05, 3.63) is 23.7 Å². The quantitative estimate of drug-likeness (QED) is 0.925. The SMILES string of the molecule is CC1CN(Cc2ccoc2CNC(C)(C)C)CC(C)N1C. The molecule has 4 nitrogen and oxygen atoms in total. The average Bonchev–Trinajstić information content (AvgIpc) is 2.80. The molecule has 2 rings (SSSR count). The summed E-state index contributed by atoms with van der Waals surface area (Å²) in [5.41, 5.74) is 1.43. The Balaban J connectivity index is 1.96. The Labute approximate surface area is 129 Å². The minimum Gasteiger partial charge on any atom is -0.468 e. The van der Waals surface area contributed by atoms with Crippen molar-refractivity contribution in [3.63, 3.8) is 0 Å². The Morgan fingerprint density at radius 2 is 1.86 bits per heavy atom. The first-order valence-electron chi connectivity index (χ1n) is 8.01. The molecule has 21 heavy (non-hydrogen) atoms. The van der Waals surface area contributed by atoms with Crippen molar-refractivity contribution in [3.8, 4) is 0 Å². The summed E-state index contributed by atoms with van der Waals surface area (Å²) in [6.45, 7) is 15.2. The van der Waals surface area contributed by atoms with Crippen LogP contribution in [-0.2, 0) is 13.1 Å². The van der Waals surface area contributed by atoms with Crippen LogP contribution in [0.5, 0.6) is 0 Å². The van der Waals surface area contributed by atoms with Gasteiger partial charge in [0.05, 0.1) is 12.8 Å². The largest absolute Gasteiger partial charge is 0.468 e. The molecule has 1 aliphatic rings. The van der Waals surface area contributed by atoms with Crippen LogP contribution in [0.4, 0.5) is 0 Å². The summed E-state index contributed by atoms with van der Waals surface area (Å²) in [6, 6.07) is 3.33. The van der Waals surface area contributed by atoms with Gasteiger partial charge in [-0.3, -0.25) is 9.80 Å². The maximum absolute atomic E-state index is 5.68. The molecule has 0 amide bonds. The Kier molecular flexibility index (Phi) is 5.12. The number of rotatable bonds is 4. The zero-order valence-electron chi connectivity index (χ0n) is 14.4. The van der Waals surface area contributed by atoms with Crippen molar-refractivity contribution in [2.24, 2.45) is 0 Å². The van der Waals surface area contributed by atoms with Crippen LogP contribution in [0.2, 0.25) is 0 Å². The van der Waals surface area contributed by atoms with Crippen molar-refractivity contribution in [1.82, 2.24) is 15.1 Å². The minimum absolute atomic E-state index is 0.112. The van der Waals surface area contributed by atoms with E-state index in [9.17, 15) is 0 Å². The van der Waals surface area contributed by atoms with Crippen LogP contribution in [0.25, 0.3) is 0 Å². The van der Waals surface area contributed by atoms with Gasteiger partial charge in [-0.1, -0.05) is 0 Å². The van der Waals surface area contributed by atoms with Gasteiger partial charge >= 0.3 is 0 Å². The Morgan fingerprint density at radius 3 is 2.43 bits per heavy atom. The first-order valence-corrected chi connectivity index (χ1v) is 8.01. The van der Waals surface area contributed by atoms with Crippen LogP contribution in [-0.4, -0.2) is 47.6 Å². The van der Waals surface area contributed by atoms with E-state index >= 15 is 0 Å². The Hall–Kier alpha value is -0.840. The maximum atomic E-state index is 5.68. The molecule has 1 saturated heterocycles. The Bertz CT molecular complexity index is 437. The fourth-order valence-corrected chi connectivity index (χ4v) is 2.89. The lowest BCUT2D eigenvalue weighted by atomic mass is 10.1. The predicted octanol–water partition coefficient (Wildman–Crippen LogP) is 2.69. The average molecular weight is 293 g/mol. The molecule has 2 unspecified atom stereocenters. The number of furan rings is 1. The summed E-state index contributed by atoms with van der Waals surface area (Å²) in [5.74, 6) is 1.07. The van der Waals surface area contributed by atoms with Gasteiger partial charge in [-0.05, 0) is 47.7 Å². The second-order valence-corrected chi connectivity index (χ2v) is 7.53. The van der Waals surface area contributed by atoms with Crippen LogP contribution >= 0.6 is 0 Å². The van der Waals surface area contributed by atoms with E-state index < -0.39 is 0 Å². The highest BCUT2D eigenvalue weighted by atomic mass is 16.3. The standard InChI is InChI=1S/C17H31N3O/c1-13-10-20(11-14(2)19(13)6)12-15-7-8-21-16(15)9-18-17(3,4)5/h7-8,13-14,18H,9-12H2,1-6H3. The third kappa shape index (κ3) is 4.56. The Morgan fingerprint density at radius 1 is 1.24 bits per heavy atom. The number of piperazine rings is 1. The van der Waals surface area contributed by atoms with E-state index in [0.717, 1.165) is 31.9 Å². The highest BCUT2D eigenvalue weighted by Crippen LogP contribution is 2.19. The lowest BCUT2D eigenvalue weighted by Gasteiger charge is -2.42. The number of likely N-dealkylation sites (N-methyl/N-ethyl adjacent to an activating group) is 1. The van der Waals surface area contributed by atoms with E-state index in [2.05, 4.69) is 62.8 Å². The fourth-order valence-electron chi connectivity index (χ4n) is 2.89. The lowest BCUT2D eigenvalue weighted by molar-refractivity contribution is 0.0553. The van der Waals surface area contributed by atoms with Gasteiger partial charge in [-0.25, -0.2) is 0 Å². The molecular weight excluding hydrogens is 262 g/mol. The summed E-state index contributed by atoms with van der Waals surface area (Å²) in [5, 5.41) is 3.51. The smallest absolute Gasteiger partial charge is 0.122 e. The highest BCUT2D eigenvalue weighted by molar-refractivity contribution is 5.17. The van der Waals surface area contributed by atoms with Crippen molar-refractivity contribution in [1.29, 1.82) is 0 Å². The van der Waals surface area contributed by atoms with E-state index in [0.29, 0.717) is 12.1 Å². The van der Waals surface area contributed by atoms with Gasteiger partial charge in [0.25, 0.3) is 0 Å². The summed E-state index contributed by atoms with van der Waals surface area (Å²) in [4.78, 5) is 5.01. The molecular formula is C17H31N3O. The van der Waals surface area contributed by atoms with Crippen molar-refractivity contribution >= 4 is 0 Å². The first-order chi connectivity index (χ1) is 9.76. The highest BCUT2D eigenvalue weighted by Gasteiger charge is 2.27. The molecule has 2 atom stereocenters. The van der Waals surface area contributed by atoms with E-state index in [1.54, 1.807) is 0 Å². The zero-order valence-corrected chi connectivity index (χ0v) is 14.4. The molecule has 0 aromatic carbocycles. The maximum Gasteiger partial charge on any atom is 0.122 e. The molecule has 1 aromatic rings. The normalized spacial score (nSPS) is 25.4. The second kappa shape index (κ2) is 6.51. The number of nitrogens with one attached hydrogen (secondary N) is 1. The monoisotopic (exact) mass is 293 g/mol. The third-order valence-corrected chi connectivity index (χ3v) is 4.45. The molecule has 4 heteroatoms. The molecule has 0 radical (unpaired) electrons. The van der Waals surface area contributed by atoms with Gasteiger partial charge in [-0.15, -0.1) is 0 Å². The topological polar surface area (TPSA) is 31.7 Å². The van der Waals surface area contributed by atoms with Crippen molar-refractivity contribution < 1.29 is 4.42 Å². The third-order valence-electron chi connectivity index (χ3n) is 4.45. The van der Waals surface area contributed by atoms with Crippen LogP contribution < -0.4 is 5.32 Å². The molecule has 1 aliphatic heterocycles. The first kappa shape index (κ1) is 16.5. The molecule has 0 bridgehead atoms. The summed E-state index contributed by atoms with van der Waals surface area (Å²) in [7, 11) is 2.23. The van der Waals surface area contributed by atoms with Crippen LogP contribution in [0.3, 0.4) is 0 Å². The van der Waals surface area contributed by atoms with Crippen LogP contribution in [0.15, 0.2) is 16.7 Å². The number of nitrogens with zero attached hydrogens (tertiary/aromatic N) is 2. The van der Waals surface area contributed by atoms with Crippen molar-refractivity contribution in [2.45, 2.75) is 65.3 Å². The molecule has 2 heterocycles. The van der Waals surface area contributed by atoms with Gasteiger partial charge < -0.3 is 9.73 Å². The molecule has 1 aromatic heterocycles. The van der Waals surface area contributed by atoms with Crippen LogP contribution in [0.1, 0.15) is 45.9 Å². The van der Waals surface area contributed by atoms with E-state index in [-0.39, 0.29) is 5.54 Å². The lowest BCUT2D eigenvalue weighted by Crippen LogP contribution is -2.54. The van der Waals surface area contributed by atoms with Gasteiger partial charge in [0.2, 0.25) is 0 Å². The molecule has 1 N–H and O–H groups in total. The van der Waals surface area contributed by atoms with Crippen LogP contribution in [0, 0.1) is 0 Å². The van der Waals surface area contributed by atoms with Crippen molar-refractivity contribution in [2.75, 3.05) is 20.1 Å². The number of hydrogen-bond donors (Lipinski definition) is 1. The predicted molar refractivity (Wildman–Crippen MR) is 87.3 cm³/mol. The summed E-state index contributed by atoms with van der Waals surface area (Å²) < 4.78 is 5.68.